The van der Waals surface area contributed by atoms with Gasteiger partial charge in [-0.25, -0.2) is 4.79 Å². The number of nitrogen functional groups attached to an aromatic ring is 1. The van der Waals surface area contributed by atoms with Crippen LogP contribution in [0.5, 0.6) is 0 Å². The molecule has 0 amide bonds. The summed E-state index contributed by atoms with van der Waals surface area (Å²) in [4.78, 5) is 15.8. The van der Waals surface area contributed by atoms with E-state index < -0.39 is 17.5 Å². The molecule has 0 spiro atoms. The minimum Gasteiger partial charge on any atom is -0.383 e. The summed E-state index contributed by atoms with van der Waals surface area (Å²) in [7, 11) is 1.64. The Kier molecular flexibility index (Phi) is 3.07. The molecular formula is C13H19N3O4. The first kappa shape index (κ1) is 13.5. The molecule has 20 heavy (non-hydrogen) atoms. The van der Waals surface area contributed by atoms with Gasteiger partial charge in [-0.3, -0.25) is 4.57 Å². The van der Waals surface area contributed by atoms with Crippen LogP contribution >= 0.6 is 0 Å². The second-order valence-electron chi connectivity index (χ2n) is 5.36. The third-order valence-corrected chi connectivity index (χ3v) is 4.27. The van der Waals surface area contributed by atoms with Gasteiger partial charge in [0.2, 0.25) is 0 Å². The third-order valence-electron chi connectivity index (χ3n) is 4.27. The fourth-order valence-electron chi connectivity index (χ4n) is 3.06. The van der Waals surface area contributed by atoms with E-state index in [1.54, 1.807) is 20.2 Å². The molecule has 4 atom stereocenters. The van der Waals surface area contributed by atoms with Gasteiger partial charge in [0.05, 0.1) is 6.61 Å². The Morgan fingerprint density at radius 1 is 1.65 bits per heavy atom. The van der Waals surface area contributed by atoms with E-state index in [4.69, 9.17) is 19.9 Å². The lowest BCUT2D eigenvalue weighted by molar-refractivity contribution is -0.176. The van der Waals surface area contributed by atoms with Crippen molar-refractivity contribution < 1.29 is 14.2 Å². The highest BCUT2D eigenvalue weighted by atomic mass is 16.7. The lowest BCUT2D eigenvalue weighted by Crippen LogP contribution is -2.41. The van der Waals surface area contributed by atoms with Crippen LogP contribution in [0, 0.1) is 6.92 Å². The zero-order chi connectivity index (χ0) is 14.5. The normalized spacial score (nSPS) is 35.6. The van der Waals surface area contributed by atoms with Crippen molar-refractivity contribution in [3.63, 3.8) is 0 Å². The van der Waals surface area contributed by atoms with Gasteiger partial charge in [-0.2, -0.15) is 4.98 Å². The van der Waals surface area contributed by atoms with Crippen LogP contribution in [0.4, 0.5) is 5.82 Å². The van der Waals surface area contributed by atoms with Crippen LogP contribution < -0.4 is 11.4 Å². The fourth-order valence-corrected chi connectivity index (χ4v) is 3.06. The van der Waals surface area contributed by atoms with Gasteiger partial charge in [0.1, 0.15) is 23.6 Å². The molecule has 7 heteroatoms. The fraction of sp³-hybridized carbons (Fsp3) is 0.692. The van der Waals surface area contributed by atoms with Gasteiger partial charge in [-0.15, -0.1) is 0 Å². The largest absolute Gasteiger partial charge is 0.383 e. The van der Waals surface area contributed by atoms with Crippen LogP contribution in [0.15, 0.2) is 11.0 Å². The predicted molar refractivity (Wildman–Crippen MR) is 71.3 cm³/mol. The van der Waals surface area contributed by atoms with E-state index in [0.717, 1.165) is 12.0 Å². The summed E-state index contributed by atoms with van der Waals surface area (Å²) < 4.78 is 18.8. The number of nitrogens with zero attached hydrogens (tertiary/aromatic N) is 2. The Balaban J connectivity index is 2.02. The zero-order valence-corrected chi connectivity index (χ0v) is 11.8. The first-order chi connectivity index (χ1) is 9.52. The minimum atomic E-state index is -0.520. The number of aromatic nitrogens is 2. The van der Waals surface area contributed by atoms with E-state index in [9.17, 15) is 4.79 Å². The number of hydrogen-bond donors (Lipinski definition) is 1. The molecule has 0 aliphatic carbocycles. The number of anilines is 1. The summed E-state index contributed by atoms with van der Waals surface area (Å²) in [5, 5.41) is 0. The molecule has 2 aliphatic heterocycles. The molecule has 2 N–H and O–H groups in total. The molecule has 2 saturated heterocycles. The van der Waals surface area contributed by atoms with Crippen LogP contribution in [0.25, 0.3) is 0 Å². The van der Waals surface area contributed by atoms with Gasteiger partial charge in [0, 0.05) is 18.9 Å². The Morgan fingerprint density at radius 3 is 3.00 bits per heavy atom. The number of methoxy groups -OCH3 is 1. The van der Waals surface area contributed by atoms with Crippen molar-refractivity contribution in [3.05, 3.63) is 22.2 Å². The smallest absolute Gasteiger partial charge is 0.351 e. The Morgan fingerprint density at radius 2 is 2.40 bits per heavy atom. The number of ether oxygens (including phenoxy) is 3. The van der Waals surface area contributed by atoms with Crippen LogP contribution in [0.2, 0.25) is 0 Å². The van der Waals surface area contributed by atoms with E-state index in [0.29, 0.717) is 6.61 Å². The Bertz CT molecular complexity index is 587. The molecule has 7 nitrogen and oxygen atoms in total. The summed E-state index contributed by atoms with van der Waals surface area (Å²) in [6.07, 6.45) is 1.42. The van der Waals surface area contributed by atoms with Gasteiger partial charge < -0.3 is 19.9 Å². The quantitative estimate of drug-likeness (QED) is 0.853. The van der Waals surface area contributed by atoms with Crippen molar-refractivity contribution in [2.24, 2.45) is 0 Å². The minimum absolute atomic E-state index is 0.178. The second-order valence-corrected chi connectivity index (χ2v) is 5.36. The maximum Gasteiger partial charge on any atom is 0.351 e. The summed E-state index contributed by atoms with van der Waals surface area (Å²) >= 11 is 0. The van der Waals surface area contributed by atoms with E-state index in [1.807, 2.05) is 6.92 Å². The number of hydrogen-bond acceptors (Lipinski definition) is 6. The number of nitrogens with two attached hydrogens (primary N) is 1. The summed E-state index contributed by atoms with van der Waals surface area (Å²) in [6.45, 7) is 4.31. The van der Waals surface area contributed by atoms with Crippen LogP contribution in [-0.4, -0.2) is 41.1 Å². The highest BCUT2D eigenvalue weighted by Gasteiger charge is 2.61. The third kappa shape index (κ3) is 1.70. The van der Waals surface area contributed by atoms with Crippen molar-refractivity contribution in [2.45, 2.75) is 44.3 Å². The van der Waals surface area contributed by atoms with Gasteiger partial charge in [0.25, 0.3) is 0 Å². The zero-order valence-electron chi connectivity index (χ0n) is 11.8. The van der Waals surface area contributed by atoms with Crippen molar-refractivity contribution in [1.29, 1.82) is 0 Å². The number of aryl methyl sites for hydroxylation is 1. The summed E-state index contributed by atoms with van der Waals surface area (Å²) in [6, 6.07) is 0. The second kappa shape index (κ2) is 4.54. The Hall–Kier alpha value is -1.44. The molecule has 110 valence electrons. The monoisotopic (exact) mass is 281 g/mol. The van der Waals surface area contributed by atoms with Crippen molar-refractivity contribution in [2.75, 3.05) is 19.5 Å². The van der Waals surface area contributed by atoms with Gasteiger partial charge in [0.15, 0.2) is 6.23 Å². The molecule has 3 rings (SSSR count). The lowest BCUT2D eigenvalue weighted by atomic mass is 9.96. The molecule has 1 aromatic heterocycles. The molecule has 2 fully saturated rings. The maximum absolute atomic E-state index is 12.0. The first-order valence-corrected chi connectivity index (χ1v) is 6.70. The number of rotatable bonds is 3. The first-order valence-electron chi connectivity index (χ1n) is 6.70. The average molecular weight is 281 g/mol. The highest BCUT2D eigenvalue weighted by Crippen LogP contribution is 2.47. The Labute approximate surface area is 116 Å². The standard InChI is InChI=1S/C13H19N3O4/c1-4-13-6-19-8(9(13)18-3)11(20-13)16-5-7(2)10(14)15-12(16)17/h5,8-9,11H,4,6H2,1-3H3,(H2,14,15,17)/t8-,9?,11+,13+/m0/s1. The van der Waals surface area contributed by atoms with E-state index in [-0.39, 0.29) is 18.0 Å². The average Bonchev–Trinajstić information content (AvgIpc) is 2.95. The van der Waals surface area contributed by atoms with Crippen LogP contribution in [0.3, 0.4) is 0 Å². The van der Waals surface area contributed by atoms with Gasteiger partial charge >= 0.3 is 5.69 Å². The van der Waals surface area contributed by atoms with Crippen molar-refractivity contribution >= 4 is 5.82 Å². The number of fused-ring (bicyclic) bond motifs is 2. The van der Waals surface area contributed by atoms with Gasteiger partial charge in [-0.1, -0.05) is 6.92 Å². The molecule has 0 aromatic carbocycles. The molecule has 1 aromatic rings. The lowest BCUT2D eigenvalue weighted by Gasteiger charge is -2.30. The molecule has 1 unspecified atom stereocenters. The highest BCUT2D eigenvalue weighted by molar-refractivity contribution is 5.35. The van der Waals surface area contributed by atoms with Crippen molar-refractivity contribution in [1.82, 2.24) is 9.55 Å². The van der Waals surface area contributed by atoms with Crippen LogP contribution in [0.1, 0.15) is 25.1 Å². The van der Waals surface area contributed by atoms with Gasteiger partial charge in [-0.05, 0) is 13.3 Å². The predicted octanol–water partition coefficient (Wildman–Crippen LogP) is 0.225. The topological polar surface area (TPSA) is 88.6 Å². The summed E-state index contributed by atoms with van der Waals surface area (Å²) in [5.41, 5.74) is 5.46. The van der Waals surface area contributed by atoms with Crippen molar-refractivity contribution in [3.8, 4) is 0 Å². The molecule has 0 saturated carbocycles. The maximum atomic E-state index is 12.0. The molecule has 2 aliphatic rings. The summed E-state index contributed by atoms with van der Waals surface area (Å²) in [5.74, 6) is 0.240. The SMILES string of the molecule is CC[C@@]12CO[C@@H](C1OC)[C@H](n1cc(C)c(N)nc1=O)O2. The molecular weight excluding hydrogens is 262 g/mol. The van der Waals surface area contributed by atoms with E-state index in [2.05, 4.69) is 4.98 Å². The molecule has 2 bridgehead atoms. The molecule has 3 heterocycles. The van der Waals surface area contributed by atoms with E-state index >= 15 is 0 Å². The van der Waals surface area contributed by atoms with E-state index in [1.165, 1.54) is 4.57 Å². The molecule has 0 radical (unpaired) electrons. The van der Waals surface area contributed by atoms with Crippen LogP contribution in [-0.2, 0) is 14.2 Å².